The van der Waals surface area contributed by atoms with Crippen LogP contribution in [0.25, 0.3) is 11.6 Å². The molecule has 1 aliphatic heterocycles. The molecule has 0 N–H and O–H groups in total. The Balaban J connectivity index is 1.45. The Hall–Kier alpha value is -2.74. The lowest BCUT2D eigenvalue weighted by atomic mass is 9.97. The molecule has 0 aliphatic carbocycles. The van der Waals surface area contributed by atoms with E-state index in [1.807, 2.05) is 6.92 Å². The minimum absolute atomic E-state index is 0.101. The number of aryl methyl sites for hydroxylation is 1. The Kier molecular flexibility index (Phi) is 4.89. The molecule has 1 unspecified atom stereocenters. The summed E-state index contributed by atoms with van der Waals surface area (Å²) in [4.78, 5) is 10.6. The predicted molar refractivity (Wildman–Crippen MR) is 93.7 cm³/mol. The highest BCUT2D eigenvalue weighted by Crippen LogP contribution is 2.28. The van der Waals surface area contributed by atoms with Gasteiger partial charge in [-0.2, -0.15) is 0 Å². The molecule has 1 aliphatic rings. The SMILES string of the molecule is Cc1cnc(-c2nnc(C3CCCN(Cc4ccc(F)c(F)c4)C3)o2)cn1. The fourth-order valence-corrected chi connectivity index (χ4v) is 3.30. The number of likely N-dealkylation sites (tertiary alicyclic amines) is 1. The highest BCUT2D eigenvalue weighted by molar-refractivity contribution is 5.43. The Labute approximate surface area is 155 Å². The molecule has 0 spiro atoms. The van der Waals surface area contributed by atoms with E-state index in [2.05, 4.69) is 25.1 Å². The topological polar surface area (TPSA) is 67.9 Å². The third-order valence-corrected chi connectivity index (χ3v) is 4.69. The zero-order valence-electron chi connectivity index (χ0n) is 14.9. The first-order valence-corrected chi connectivity index (χ1v) is 8.87. The number of hydrogen-bond donors (Lipinski definition) is 0. The number of piperidine rings is 1. The van der Waals surface area contributed by atoms with Crippen molar-refractivity contribution in [2.45, 2.75) is 32.2 Å². The summed E-state index contributed by atoms with van der Waals surface area (Å²) in [6.45, 7) is 4.03. The van der Waals surface area contributed by atoms with Gasteiger partial charge in [0.15, 0.2) is 11.6 Å². The van der Waals surface area contributed by atoms with Crippen LogP contribution in [-0.2, 0) is 6.54 Å². The van der Waals surface area contributed by atoms with Crippen LogP contribution < -0.4 is 0 Å². The molecule has 0 bridgehead atoms. The van der Waals surface area contributed by atoms with Crippen LogP contribution in [0.2, 0.25) is 0 Å². The summed E-state index contributed by atoms with van der Waals surface area (Å²) in [6.07, 6.45) is 5.18. The number of rotatable bonds is 4. The average molecular weight is 371 g/mol. The number of aromatic nitrogens is 4. The largest absolute Gasteiger partial charge is 0.419 e. The quantitative estimate of drug-likeness (QED) is 0.699. The summed E-state index contributed by atoms with van der Waals surface area (Å²) >= 11 is 0. The van der Waals surface area contributed by atoms with E-state index in [-0.39, 0.29) is 5.92 Å². The van der Waals surface area contributed by atoms with Crippen LogP contribution in [0.3, 0.4) is 0 Å². The molecule has 1 saturated heterocycles. The van der Waals surface area contributed by atoms with Crippen molar-refractivity contribution in [3.05, 3.63) is 59.4 Å². The van der Waals surface area contributed by atoms with Gasteiger partial charge in [-0.1, -0.05) is 6.07 Å². The molecule has 0 radical (unpaired) electrons. The lowest BCUT2D eigenvalue weighted by Gasteiger charge is -2.31. The van der Waals surface area contributed by atoms with Crippen molar-refractivity contribution in [3.8, 4) is 11.6 Å². The van der Waals surface area contributed by atoms with E-state index in [9.17, 15) is 8.78 Å². The van der Waals surface area contributed by atoms with E-state index < -0.39 is 11.6 Å². The van der Waals surface area contributed by atoms with Gasteiger partial charge >= 0.3 is 0 Å². The van der Waals surface area contributed by atoms with Crippen molar-refractivity contribution in [2.24, 2.45) is 0 Å². The second-order valence-electron chi connectivity index (χ2n) is 6.81. The van der Waals surface area contributed by atoms with Crippen molar-refractivity contribution < 1.29 is 13.2 Å². The molecular formula is C19H19F2N5O. The van der Waals surface area contributed by atoms with Crippen LogP contribution in [0.15, 0.2) is 35.0 Å². The van der Waals surface area contributed by atoms with Crippen molar-refractivity contribution in [1.82, 2.24) is 25.1 Å². The molecular weight excluding hydrogens is 352 g/mol. The van der Waals surface area contributed by atoms with Crippen LogP contribution in [0.4, 0.5) is 8.78 Å². The van der Waals surface area contributed by atoms with E-state index in [0.717, 1.165) is 37.2 Å². The zero-order chi connectivity index (χ0) is 18.8. The van der Waals surface area contributed by atoms with Gasteiger partial charge in [-0.25, -0.2) is 13.8 Å². The molecule has 6 nitrogen and oxygen atoms in total. The van der Waals surface area contributed by atoms with Crippen LogP contribution >= 0.6 is 0 Å². The van der Waals surface area contributed by atoms with Crippen molar-refractivity contribution in [1.29, 1.82) is 0 Å². The molecule has 8 heteroatoms. The Morgan fingerprint density at radius 3 is 2.81 bits per heavy atom. The van der Waals surface area contributed by atoms with Gasteiger partial charge in [-0.15, -0.1) is 10.2 Å². The van der Waals surface area contributed by atoms with Gasteiger partial charge in [0.05, 0.1) is 17.8 Å². The van der Waals surface area contributed by atoms with Gasteiger partial charge < -0.3 is 4.42 Å². The second kappa shape index (κ2) is 7.48. The Morgan fingerprint density at radius 2 is 2.04 bits per heavy atom. The number of halogens is 2. The summed E-state index contributed by atoms with van der Waals surface area (Å²) in [6, 6.07) is 4.03. The maximum atomic E-state index is 13.4. The summed E-state index contributed by atoms with van der Waals surface area (Å²) in [7, 11) is 0. The van der Waals surface area contributed by atoms with Crippen LogP contribution in [0.5, 0.6) is 0 Å². The first kappa shape index (κ1) is 17.7. The second-order valence-corrected chi connectivity index (χ2v) is 6.81. The van der Waals surface area contributed by atoms with Gasteiger partial charge in [-0.3, -0.25) is 9.88 Å². The number of nitrogens with zero attached hydrogens (tertiary/aromatic N) is 5. The zero-order valence-corrected chi connectivity index (χ0v) is 14.9. The highest BCUT2D eigenvalue weighted by Gasteiger charge is 2.26. The summed E-state index contributed by atoms with van der Waals surface area (Å²) < 4.78 is 32.3. The Bertz CT molecular complexity index is 928. The maximum Gasteiger partial charge on any atom is 0.267 e. The molecule has 2 aromatic heterocycles. The first-order valence-electron chi connectivity index (χ1n) is 8.87. The minimum atomic E-state index is -0.826. The summed E-state index contributed by atoms with van der Waals surface area (Å²) in [5.74, 6) is -0.615. The lowest BCUT2D eigenvalue weighted by molar-refractivity contribution is 0.186. The lowest BCUT2D eigenvalue weighted by Crippen LogP contribution is -2.34. The molecule has 4 rings (SSSR count). The molecule has 140 valence electrons. The molecule has 1 aromatic carbocycles. The van der Waals surface area contributed by atoms with Gasteiger partial charge in [0.1, 0.15) is 5.69 Å². The molecule has 27 heavy (non-hydrogen) atoms. The van der Waals surface area contributed by atoms with Crippen molar-refractivity contribution >= 4 is 0 Å². The van der Waals surface area contributed by atoms with E-state index in [4.69, 9.17) is 4.42 Å². The monoisotopic (exact) mass is 371 g/mol. The molecule has 3 heterocycles. The van der Waals surface area contributed by atoms with Crippen molar-refractivity contribution in [3.63, 3.8) is 0 Å². The molecule has 1 atom stereocenters. The van der Waals surface area contributed by atoms with Crippen molar-refractivity contribution in [2.75, 3.05) is 13.1 Å². The van der Waals surface area contributed by atoms with Gasteiger partial charge in [0.25, 0.3) is 5.89 Å². The average Bonchev–Trinajstić information content (AvgIpc) is 3.16. The van der Waals surface area contributed by atoms with E-state index >= 15 is 0 Å². The van der Waals surface area contributed by atoms with E-state index in [1.54, 1.807) is 18.5 Å². The van der Waals surface area contributed by atoms with Crippen LogP contribution in [-0.4, -0.2) is 38.2 Å². The number of hydrogen-bond acceptors (Lipinski definition) is 6. The molecule has 1 fully saturated rings. The molecule has 0 saturated carbocycles. The number of benzene rings is 1. The fourth-order valence-electron chi connectivity index (χ4n) is 3.30. The van der Waals surface area contributed by atoms with Gasteiger partial charge in [-0.05, 0) is 44.0 Å². The van der Waals surface area contributed by atoms with Gasteiger partial charge in [0.2, 0.25) is 5.89 Å². The first-order chi connectivity index (χ1) is 13.1. The standard InChI is InChI=1S/C19H19F2N5O/c1-12-8-23-17(9-22-12)19-25-24-18(27-19)14-3-2-6-26(11-14)10-13-4-5-15(20)16(21)7-13/h4-5,7-9,14H,2-3,6,10-11H2,1H3. The van der Waals surface area contributed by atoms with Gasteiger partial charge in [0, 0.05) is 19.3 Å². The smallest absolute Gasteiger partial charge is 0.267 e. The predicted octanol–water partition coefficient (Wildman–Crippen LogP) is 3.49. The fraction of sp³-hybridized carbons (Fsp3) is 0.368. The normalized spacial score (nSPS) is 18.0. The van der Waals surface area contributed by atoms with E-state index in [1.165, 1.54) is 12.1 Å². The Morgan fingerprint density at radius 1 is 1.15 bits per heavy atom. The maximum absolute atomic E-state index is 13.4. The summed E-state index contributed by atoms with van der Waals surface area (Å²) in [5.41, 5.74) is 2.11. The summed E-state index contributed by atoms with van der Waals surface area (Å²) in [5, 5.41) is 8.28. The highest BCUT2D eigenvalue weighted by atomic mass is 19.2. The molecule has 0 amide bonds. The third-order valence-electron chi connectivity index (χ3n) is 4.69. The third kappa shape index (κ3) is 4.00. The van der Waals surface area contributed by atoms with Crippen LogP contribution in [0.1, 0.15) is 35.9 Å². The molecule has 3 aromatic rings. The van der Waals surface area contributed by atoms with E-state index in [0.29, 0.717) is 24.0 Å². The minimum Gasteiger partial charge on any atom is -0.419 e. The van der Waals surface area contributed by atoms with Crippen LogP contribution in [0, 0.1) is 18.6 Å².